The number of aliphatic hydroxyl groups excluding tert-OH is 1. The molecule has 7 nitrogen and oxygen atoms in total. The molecule has 0 spiro atoms. The predicted octanol–water partition coefficient (Wildman–Crippen LogP) is 3.83. The molecule has 8 heteroatoms. The molecule has 0 unspecified atom stereocenters. The van der Waals surface area contributed by atoms with Gasteiger partial charge in [-0.25, -0.2) is 9.07 Å². The fraction of sp³-hybridized carbons (Fsp3) is 0.370. The van der Waals surface area contributed by atoms with Crippen molar-refractivity contribution in [3.05, 3.63) is 71.7 Å². The Morgan fingerprint density at radius 3 is 2.57 bits per heavy atom. The molecular weight excluding hydrogens is 449 g/mol. The highest BCUT2D eigenvalue weighted by Gasteiger charge is 2.23. The lowest BCUT2D eigenvalue weighted by Gasteiger charge is -2.25. The van der Waals surface area contributed by atoms with Crippen LogP contribution in [0.1, 0.15) is 18.2 Å². The van der Waals surface area contributed by atoms with Crippen molar-refractivity contribution in [2.75, 3.05) is 40.0 Å². The average Bonchev–Trinajstić information content (AvgIpc) is 3.21. The minimum atomic E-state index is -0.726. The maximum absolute atomic E-state index is 13.5. The lowest BCUT2D eigenvalue weighted by atomic mass is 10.1. The summed E-state index contributed by atoms with van der Waals surface area (Å²) in [7, 11) is 1.64. The summed E-state index contributed by atoms with van der Waals surface area (Å²) in [5, 5.41) is 15.3. The van der Waals surface area contributed by atoms with Crippen LogP contribution in [-0.4, -0.2) is 65.9 Å². The standard InChI is InChI=1S/C27H32FN3O4/c1-4-16-34-20-23(32)18-30(15-17-33-3)19-25-26(5-2)29-31(22-9-7-6-8-10-22)27(25)35-24-13-11-21(28)12-14-24/h1,6-14,23,32H,5,15-20H2,2-3H3/t23-/m0/s1. The zero-order valence-electron chi connectivity index (χ0n) is 20.2. The van der Waals surface area contributed by atoms with Gasteiger partial charge in [-0.15, -0.1) is 6.42 Å². The molecule has 3 aromatic rings. The molecular formula is C27H32FN3O4. The maximum Gasteiger partial charge on any atom is 0.227 e. The lowest BCUT2D eigenvalue weighted by molar-refractivity contribution is 0.0205. The number of hydrogen-bond acceptors (Lipinski definition) is 6. The number of aliphatic hydroxyl groups is 1. The fourth-order valence-corrected chi connectivity index (χ4v) is 3.67. The number of rotatable bonds is 14. The van der Waals surface area contributed by atoms with E-state index in [0.29, 0.717) is 44.3 Å². The second-order valence-corrected chi connectivity index (χ2v) is 7.99. The molecule has 0 saturated heterocycles. The number of terminal acetylenes is 1. The number of para-hydroxylation sites is 1. The van der Waals surface area contributed by atoms with Gasteiger partial charge in [0.05, 0.1) is 36.3 Å². The van der Waals surface area contributed by atoms with Crippen molar-refractivity contribution < 1.29 is 23.7 Å². The third kappa shape index (κ3) is 7.64. The molecule has 0 aliphatic rings. The average molecular weight is 482 g/mol. The van der Waals surface area contributed by atoms with Crippen LogP contribution < -0.4 is 4.74 Å². The SMILES string of the molecule is C#CCOC[C@@H](O)CN(CCOC)Cc1c(CC)nn(-c2ccccc2)c1Oc1ccc(F)cc1. The van der Waals surface area contributed by atoms with E-state index in [2.05, 4.69) is 10.8 Å². The highest BCUT2D eigenvalue weighted by Crippen LogP contribution is 2.32. The first-order valence-electron chi connectivity index (χ1n) is 11.6. The van der Waals surface area contributed by atoms with E-state index >= 15 is 0 Å². The van der Waals surface area contributed by atoms with Gasteiger partial charge in [0.2, 0.25) is 5.88 Å². The van der Waals surface area contributed by atoms with Crippen LogP contribution in [0.3, 0.4) is 0 Å². The molecule has 1 aromatic heterocycles. The van der Waals surface area contributed by atoms with Crippen molar-refractivity contribution in [2.45, 2.75) is 26.0 Å². The first-order valence-corrected chi connectivity index (χ1v) is 11.6. The number of methoxy groups -OCH3 is 1. The smallest absolute Gasteiger partial charge is 0.227 e. The number of benzene rings is 2. The van der Waals surface area contributed by atoms with Crippen LogP contribution in [0.15, 0.2) is 54.6 Å². The van der Waals surface area contributed by atoms with Crippen LogP contribution in [0.4, 0.5) is 4.39 Å². The number of hydrogen-bond donors (Lipinski definition) is 1. The summed E-state index contributed by atoms with van der Waals surface area (Å²) in [6, 6.07) is 15.6. The molecule has 0 fully saturated rings. The molecule has 0 bridgehead atoms. The Bertz CT molecular complexity index is 1080. The Morgan fingerprint density at radius 1 is 1.17 bits per heavy atom. The molecule has 3 rings (SSSR count). The molecule has 0 aliphatic heterocycles. The van der Waals surface area contributed by atoms with Gasteiger partial charge in [0, 0.05) is 26.7 Å². The van der Waals surface area contributed by atoms with Gasteiger partial charge in [-0.3, -0.25) is 4.90 Å². The third-order valence-corrected chi connectivity index (χ3v) is 5.34. The van der Waals surface area contributed by atoms with Gasteiger partial charge in [-0.05, 0) is 42.8 Å². The fourth-order valence-electron chi connectivity index (χ4n) is 3.67. The van der Waals surface area contributed by atoms with E-state index in [-0.39, 0.29) is 19.0 Å². The van der Waals surface area contributed by atoms with Crippen molar-refractivity contribution in [1.82, 2.24) is 14.7 Å². The molecule has 35 heavy (non-hydrogen) atoms. The van der Waals surface area contributed by atoms with Crippen LogP contribution in [-0.2, 0) is 22.4 Å². The van der Waals surface area contributed by atoms with E-state index in [0.717, 1.165) is 16.9 Å². The van der Waals surface area contributed by atoms with Crippen molar-refractivity contribution >= 4 is 0 Å². The molecule has 0 aliphatic carbocycles. The second-order valence-electron chi connectivity index (χ2n) is 7.99. The monoisotopic (exact) mass is 481 g/mol. The number of nitrogens with zero attached hydrogens (tertiary/aromatic N) is 3. The van der Waals surface area contributed by atoms with Gasteiger partial charge in [0.25, 0.3) is 0 Å². The van der Waals surface area contributed by atoms with E-state index in [1.54, 1.807) is 23.9 Å². The van der Waals surface area contributed by atoms with Gasteiger partial charge in [-0.2, -0.15) is 5.10 Å². The summed E-state index contributed by atoms with van der Waals surface area (Å²) < 4.78 is 32.1. The summed E-state index contributed by atoms with van der Waals surface area (Å²) in [5.74, 6) is 3.10. The topological polar surface area (TPSA) is 69.0 Å². The maximum atomic E-state index is 13.5. The molecule has 0 amide bonds. The molecule has 0 saturated carbocycles. The molecule has 186 valence electrons. The van der Waals surface area contributed by atoms with Crippen molar-refractivity contribution in [1.29, 1.82) is 0 Å². The van der Waals surface area contributed by atoms with E-state index < -0.39 is 6.10 Å². The predicted molar refractivity (Wildman–Crippen MR) is 132 cm³/mol. The van der Waals surface area contributed by atoms with Gasteiger partial charge in [0.15, 0.2) is 0 Å². The number of ether oxygens (including phenoxy) is 3. The summed E-state index contributed by atoms with van der Waals surface area (Å²) in [5.41, 5.74) is 2.59. The second kappa shape index (κ2) is 13.6. The lowest BCUT2D eigenvalue weighted by Crippen LogP contribution is -2.36. The Balaban J connectivity index is 1.96. The van der Waals surface area contributed by atoms with E-state index in [1.165, 1.54) is 12.1 Å². The van der Waals surface area contributed by atoms with Crippen LogP contribution in [0, 0.1) is 18.2 Å². The van der Waals surface area contributed by atoms with Crippen LogP contribution in [0.25, 0.3) is 5.69 Å². The Labute approximate surface area is 206 Å². The van der Waals surface area contributed by atoms with Crippen molar-refractivity contribution in [3.63, 3.8) is 0 Å². The van der Waals surface area contributed by atoms with E-state index in [4.69, 9.17) is 25.7 Å². The van der Waals surface area contributed by atoms with Gasteiger partial charge < -0.3 is 19.3 Å². The number of aromatic nitrogens is 2. The van der Waals surface area contributed by atoms with Gasteiger partial charge in [-0.1, -0.05) is 31.0 Å². The molecule has 0 radical (unpaired) electrons. The number of halogens is 1. The first kappa shape index (κ1) is 26.4. The highest BCUT2D eigenvalue weighted by atomic mass is 19.1. The Kier molecular flexibility index (Phi) is 10.3. The Hall–Kier alpha value is -3.22. The first-order chi connectivity index (χ1) is 17.0. The third-order valence-electron chi connectivity index (χ3n) is 5.34. The van der Waals surface area contributed by atoms with Crippen molar-refractivity contribution in [2.24, 2.45) is 0 Å². The van der Waals surface area contributed by atoms with Gasteiger partial charge >= 0.3 is 0 Å². The van der Waals surface area contributed by atoms with E-state index in [9.17, 15) is 9.50 Å². The Morgan fingerprint density at radius 2 is 1.91 bits per heavy atom. The highest BCUT2D eigenvalue weighted by molar-refractivity contribution is 5.43. The van der Waals surface area contributed by atoms with E-state index in [1.807, 2.05) is 37.3 Å². The summed E-state index contributed by atoms with van der Waals surface area (Å²) >= 11 is 0. The normalized spacial score (nSPS) is 12.0. The number of aryl methyl sites for hydroxylation is 1. The largest absolute Gasteiger partial charge is 0.439 e. The van der Waals surface area contributed by atoms with Crippen LogP contribution in [0.5, 0.6) is 11.6 Å². The van der Waals surface area contributed by atoms with Crippen LogP contribution in [0.2, 0.25) is 0 Å². The molecule has 1 atom stereocenters. The zero-order valence-corrected chi connectivity index (χ0v) is 20.2. The minimum Gasteiger partial charge on any atom is -0.439 e. The summed E-state index contributed by atoms with van der Waals surface area (Å²) in [6.07, 6.45) is 5.18. The summed E-state index contributed by atoms with van der Waals surface area (Å²) in [4.78, 5) is 2.07. The minimum absolute atomic E-state index is 0.135. The zero-order chi connectivity index (χ0) is 25.0. The van der Waals surface area contributed by atoms with Gasteiger partial charge in [0.1, 0.15) is 18.2 Å². The quantitative estimate of drug-likeness (QED) is 0.279. The molecule has 1 heterocycles. The van der Waals surface area contributed by atoms with Crippen LogP contribution >= 0.6 is 0 Å². The molecule has 1 N–H and O–H groups in total. The molecule has 2 aromatic carbocycles. The van der Waals surface area contributed by atoms with Crippen molar-refractivity contribution in [3.8, 4) is 29.7 Å². The summed E-state index contributed by atoms with van der Waals surface area (Å²) in [6.45, 7) is 4.19.